The number of methoxy groups -OCH3 is 1. The highest BCUT2D eigenvalue weighted by Gasteiger charge is 2.57. The van der Waals surface area contributed by atoms with Crippen molar-refractivity contribution in [3.63, 3.8) is 0 Å². The predicted molar refractivity (Wildman–Crippen MR) is 138 cm³/mol. The van der Waals surface area contributed by atoms with Crippen LogP contribution in [0.25, 0.3) is 10.9 Å². The average Bonchev–Trinajstić information content (AvgIpc) is 3.28. The van der Waals surface area contributed by atoms with Crippen molar-refractivity contribution >= 4 is 28.5 Å². The lowest BCUT2D eigenvalue weighted by atomic mass is 9.84. The highest BCUT2D eigenvalue weighted by molar-refractivity contribution is 5.91. The highest BCUT2D eigenvalue weighted by Crippen LogP contribution is 2.48. The Kier molecular flexibility index (Phi) is 7.91. The number of anilines is 2. The van der Waals surface area contributed by atoms with Gasteiger partial charge in [0.05, 0.1) is 26.4 Å². The topological polar surface area (TPSA) is 112 Å². The molecule has 2 atom stereocenters. The van der Waals surface area contributed by atoms with E-state index in [1.807, 2.05) is 0 Å². The second-order valence-electron chi connectivity index (χ2n) is 8.78. The zero-order valence-corrected chi connectivity index (χ0v) is 20.9. The number of aliphatic hydroxyl groups is 3. The summed E-state index contributed by atoms with van der Waals surface area (Å²) in [7, 11) is 2.74. The molecule has 206 valence electrons. The summed E-state index contributed by atoms with van der Waals surface area (Å²) in [4.78, 5) is 7.98. The van der Waals surface area contributed by atoms with Crippen molar-refractivity contribution in [1.82, 2.24) is 9.55 Å². The molecule has 12 heteroatoms. The van der Waals surface area contributed by atoms with Gasteiger partial charge in [0.1, 0.15) is 11.3 Å². The Labute approximate surface area is 220 Å². The van der Waals surface area contributed by atoms with E-state index >= 15 is 0 Å². The van der Waals surface area contributed by atoms with Crippen molar-refractivity contribution in [2.45, 2.75) is 24.4 Å². The van der Waals surface area contributed by atoms with Crippen molar-refractivity contribution in [3.8, 4) is 5.88 Å². The fourth-order valence-electron chi connectivity index (χ4n) is 4.39. The number of ether oxygens (including phenoxy) is 1. The molecule has 0 saturated heterocycles. The molecule has 2 heterocycles. The Bertz CT molecular complexity index is 1490. The maximum absolute atomic E-state index is 14.8. The summed E-state index contributed by atoms with van der Waals surface area (Å²) in [6.07, 6.45) is -2.83. The maximum Gasteiger partial charge on any atom is 0.425 e. The Morgan fingerprint density at radius 3 is 2.49 bits per heavy atom. The van der Waals surface area contributed by atoms with Crippen LogP contribution in [0.5, 0.6) is 5.88 Å². The first kappa shape index (κ1) is 28.0. The molecule has 4 aromatic rings. The summed E-state index contributed by atoms with van der Waals surface area (Å²) in [6.45, 7) is -0.916. The van der Waals surface area contributed by atoms with Gasteiger partial charge in [-0.2, -0.15) is 13.2 Å². The number of alkyl halides is 3. The molecule has 0 aliphatic carbocycles. The quantitative estimate of drug-likeness (QED) is 0.186. The SMILES string of the molecule is CN=Cc1cc(C(O)(c2cn(CC(O)CO)c3c(OC)nccc23)C(F)(F)F)ccc1Nc1ccc(F)cc1. The van der Waals surface area contributed by atoms with Crippen LogP contribution >= 0.6 is 0 Å². The summed E-state index contributed by atoms with van der Waals surface area (Å²) in [6, 6.07) is 10.4. The highest BCUT2D eigenvalue weighted by atomic mass is 19.4. The molecule has 0 radical (unpaired) electrons. The number of fused-ring (bicyclic) bond motifs is 1. The molecule has 2 aromatic carbocycles. The van der Waals surface area contributed by atoms with Crippen LogP contribution in [0.15, 0.2) is 65.9 Å². The van der Waals surface area contributed by atoms with Gasteiger partial charge in [0.2, 0.25) is 11.5 Å². The van der Waals surface area contributed by atoms with Gasteiger partial charge in [-0.05, 0) is 48.0 Å². The lowest BCUT2D eigenvalue weighted by molar-refractivity contribution is -0.247. The van der Waals surface area contributed by atoms with Gasteiger partial charge in [0.25, 0.3) is 0 Å². The number of hydrogen-bond acceptors (Lipinski definition) is 7. The smallest absolute Gasteiger partial charge is 0.425 e. The standard InChI is InChI=1S/C27H26F4N4O4/c1-32-12-16-11-17(3-8-23(16)34-19-6-4-18(28)5-7-19)26(38,27(29,30)31)22-14-35(13-20(37)15-36)24-21(22)9-10-33-25(24)39-2/h3-12,14,20,34,36-38H,13,15H2,1-2H3. The first-order valence-corrected chi connectivity index (χ1v) is 11.7. The maximum atomic E-state index is 14.8. The van der Waals surface area contributed by atoms with Gasteiger partial charge in [-0.25, -0.2) is 9.37 Å². The zero-order valence-electron chi connectivity index (χ0n) is 20.9. The second-order valence-corrected chi connectivity index (χ2v) is 8.78. The monoisotopic (exact) mass is 546 g/mol. The van der Waals surface area contributed by atoms with Crippen molar-refractivity contribution in [1.29, 1.82) is 0 Å². The second kappa shape index (κ2) is 11.0. The van der Waals surface area contributed by atoms with E-state index in [2.05, 4.69) is 15.3 Å². The molecule has 0 aliphatic rings. The van der Waals surface area contributed by atoms with E-state index in [1.165, 1.54) is 67.5 Å². The van der Waals surface area contributed by atoms with Crippen LogP contribution < -0.4 is 10.1 Å². The van der Waals surface area contributed by atoms with Gasteiger partial charge < -0.3 is 29.9 Å². The van der Waals surface area contributed by atoms with Gasteiger partial charge in [0, 0.05) is 53.5 Å². The number of pyridine rings is 1. The van der Waals surface area contributed by atoms with E-state index in [-0.39, 0.29) is 28.9 Å². The van der Waals surface area contributed by atoms with Crippen LogP contribution in [0.4, 0.5) is 28.9 Å². The van der Waals surface area contributed by atoms with Crippen LogP contribution in [-0.4, -0.2) is 64.1 Å². The molecular formula is C27H26F4N4O4. The fourth-order valence-corrected chi connectivity index (χ4v) is 4.39. The largest absolute Gasteiger partial charge is 0.479 e. The van der Waals surface area contributed by atoms with Gasteiger partial charge >= 0.3 is 6.18 Å². The minimum Gasteiger partial charge on any atom is -0.479 e. The third kappa shape index (κ3) is 5.31. The Morgan fingerprint density at radius 1 is 1.15 bits per heavy atom. The normalized spacial score (nSPS) is 14.5. The van der Waals surface area contributed by atoms with Crippen molar-refractivity contribution in [3.05, 3.63) is 83.4 Å². The zero-order chi connectivity index (χ0) is 28.4. The Hall–Kier alpha value is -4.00. The van der Waals surface area contributed by atoms with Gasteiger partial charge in [0.15, 0.2) is 0 Å². The molecular weight excluding hydrogens is 520 g/mol. The van der Waals surface area contributed by atoms with Gasteiger partial charge in [-0.15, -0.1) is 0 Å². The first-order valence-electron chi connectivity index (χ1n) is 11.7. The molecule has 0 amide bonds. The summed E-state index contributed by atoms with van der Waals surface area (Å²) < 4.78 is 64.3. The predicted octanol–water partition coefficient (Wildman–Crippen LogP) is 4.13. The van der Waals surface area contributed by atoms with E-state index in [0.29, 0.717) is 11.4 Å². The van der Waals surface area contributed by atoms with E-state index in [1.54, 1.807) is 0 Å². The average molecular weight is 547 g/mol. The molecule has 4 N–H and O–H groups in total. The molecule has 0 bridgehead atoms. The van der Waals surface area contributed by atoms with Crippen molar-refractivity contribution in [2.24, 2.45) is 4.99 Å². The lowest BCUT2D eigenvalue weighted by Crippen LogP contribution is -2.43. The van der Waals surface area contributed by atoms with Crippen molar-refractivity contribution < 1.29 is 37.6 Å². The van der Waals surface area contributed by atoms with Crippen LogP contribution in [0.2, 0.25) is 0 Å². The molecule has 2 aromatic heterocycles. The summed E-state index contributed by atoms with van der Waals surface area (Å²) >= 11 is 0. The van der Waals surface area contributed by atoms with Crippen LogP contribution in [0.1, 0.15) is 16.7 Å². The molecule has 8 nitrogen and oxygen atoms in total. The van der Waals surface area contributed by atoms with Crippen molar-refractivity contribution in [2.75, 3.05) is 26.1 Å². The minimum absolute atomic E-state index is 0.00830. The lowest BCUT2D eigenvalue weighted by Gasteiger charge is -2.31. The van der Waals surface area contributed by atoms with Gasteiger partial charge in [-0.1, -0.05) is 6.07 Å². The molecule has 0 fully saturated rings. The van der Waals surface area contributed by atoms with Crippen LogP contribution in [0.3, 0.4) is 0 Å². The number of halogens is 4. The number of nitrogens with one attached hydrogen (secondary N) is 1. The molecule has 39 heavy (non-hydrogen) atoms. The molecule has 0 spiro atoms. The molecule has 0 aliphatic heterocycles. The summed E-state index contributed by atoms with van der Waals surface area (Å²) in [5.74, 6) is -0.468. The Balaban J connectivity index is 1.92. The van der Waals surface area contributed by atoms with E-state index in [4.69, 9.17) is 4.74 Å². The van der Waals surface area contributed by atoms with Crippen LogP contribution in [-0.2, 0) is 12.1 Å². The number of aliphatic imine (C=N–C) groups is 1. The molecule has 2 unspecified atom stereocenters. The number of rotatable bonds is 9. The third-order valence-corrected chi connectivity index (χ3v) is 6.23. The first-order chi connectivity index (χ1) is 18.5. The fraction of sp³-hybridized carbons (Fsp3) is 0.259. The van der Waals surface area contributed by atoms with E-state index in [9.17, 15) is 32.9 Å². The minimum atomic E-state index is -5.19. The van der Waals surface area contributed by atoms with Gasteiger partial charge in [-0.3, -0.25) is 4.99 Å². The summed E-state index contributed by atoms with van der Waals surface area (Å²) in [5, 5.41) is 33.9. The number of aliphatic hydroxyl groups excluding tert-OH is 2. The molecule has 4 rings (SSSR count). The number of benzene rings is 2. The number of nitrogens with zero attached hydrogens (tertiary/aromatic N) is 3. The number of aromatic nitrogens is 2. The number of hydrogen-bond donors (Lipinski definition) is 4. The van der Waals surface area contributed by atoms with Crippen LogP contribution in [0, 0.1) is 5.82 Å². The summed E-state index contributed by atoms with van der Waals surface area (Å²) in [5.41, 5.74) is -3.30. The Morgan fingerprint density at radius 2 is 1.87 bits per heavy atom. The van der Waals surface area contributed by atoms with E-state index < -0.39 is 41.4 Å². The van der Waals surface area contributed by atoms with E-state index in [0.717, 1.165) is 18.3 Å². The molecule has 0 saturated carbocycles. The third-order valence-electron chi connectivity index (χ3n) is 6.23.